The number of benzene rings is 2. The number of nitrogens with zero attached hydrogens (tertiary/aromatic N) is 5. The third kappa shape index (κ3) is 4.88. The summed E-state index contributed by atoms with van der Waals surface area (Å²) in [5.74, 6) is -0.558. The van der Waals surface area contributed by atoms with E-state index in [9.17, 15) is 18.0 Å². The van der Waals surface area contributed by atoms with Crippen LogP contribution in [0.3, 0.4) is 0 Å². The molecule has 0 bridgehead atoms. The molecular formula is C22H17F3N8O2. The monoisotopic (exact) mass is 482 g/mol. The van der Waals surface area contributed by atoms with E-state index < -0.39 is 18.0 Å². The van der Waals surface area contributed by atoms with Crippen molar-refractivity contribution >= 4 is 16.9 Å². The van der Waals surface area contributed by atoms with Crippen LogP contribution in [0.5, 0.6) is 0 Å². The van der Waals surface area contributed by atoms with Gasteiger partial charge in [-0.2, -0.15) is 23.3 Å². The summed E-state index contributed by atoms with van der Waals surface area (Å²) in [5, 5.41) is 13.1. The molecule has 5 rings (SSSR count). The average Bonchev–Trinajstić information content (AvgIpc) is 3.61. The number of carbonyl (C=O) groups excluding carboxylic acids is 1. The molecule has 0 saturated carbocycles. The number of H-pyrrole nitrogens is 2. The van der Waals surface area contributed by atoms with Crippen molar-refractivity contribution in [2.75, 3.05) is 0 Å². The van der Waals surface area contributed by atoms with Crippen LogP contribution < -0.4 is 5.32 Å². The maximum absolute atomic E-state index is 13.1. The minimum Gasteiger partial charge on any atom is -0.345 e. The van der Waals surface area contributed by atoms with E-state index in [1.165, 1.54) is 12.4 Å². The highest BCUT2D eigenvalue weighted by atomic mass is 19.4. The van der Waals surface area contributed by atoms with Crippen LogP contribution in [0.4, 0.5) is 13.2 Å². The van der Waals surface area contributed by atoms with Crippen LogP contribution in [0.1, 0.15) is 35.3 Å². The van der Waals surface area contributed by atoms with Crippen LogP contribution >= 0.6 is 0 Å². The van der Waals surface area contributed by atoms with E-state index >= 15 is 0 Å². The van der Waals surface area contributed by atoms with Crippen LogP contribution in [-0.2, 0) is 17.4 Å². The molecule has 0 radical (unpaired) electrons. The smallest absolute Gasteiger partial charge is 0.345 e. The Balaban J connectivity index is 1.34. The van der Waals surface area contributed by atoms with Gasteiger partial charge in [0.1, 0.15) is 6.33 Å². The van der Waals surface area contributed by atoms with E-state index in [-0.39, 0.29) is 41.5 Å². The van der Waals surface area contributed by atoms with Crippen molar-refractivity contribution < 1.29 is 22.5 Å². The minimum absolute atomic E-state index is 0.0475. The molecule has 0 aliphatic heterocycles. The quantitative estimate of drug-likeness (QED) is 0.322. The van der Waals surface area contributed by atoms with Gasteiger partial charge in [0.2, 0.25) is 23.4 Å². The van der Waals surface area contributed by atoms with Gasteiger partial charge in [0.15, 0.2) is 5.82 Å². The first kappa shape index (κ1) is 22.3. The number of alkyl halides is 3. The van der Waals surface area contributed by atoms with Crippen molar-refractivity contribution in [1.82, 2.24) is 40.6 Å². The van der Waals surface area contributed by atoms with E-state index in [1.807, 2.05) is 30.3 Å². The lowest BCUT2D eigenvalue weighted by molar-refractivity contribution is -0.144. The zero-order valence-corrected chi connectivity index (χ0v) is 17.9. The molecule has 1 atom stereocenters. The summed E-state index contributed by atoms with van der Waals surface area (Å²) in [7, 11) is 0. The van der Waals surface area contributed by atoms with Gasteiger partial charge in [-0.05, 0) is 23.3 Å². The molecule has 178 valence electrons. The second kappa shape index (κ2) is 9.00. The van der Waals surface area contributed by atoms with Gasteiger partial charge < -0.3 is 14.8 Å². The fraction of sp³-hybridized carbons (Fsp3) is 0.182. The van der Waals surface area contributed by atoms with Crippen molar-refractivity contribution in [3.8, 4) is 11.6 Å². The number of aromatic amines is 2. The maximum Gasteiger partial charge on any atom is 0.449 e. The summed E-state index contributed by atoms with van der Waals surface area (Å²) in [6.07, 6.45) is -3.05. The Morgan fingerprint density at radius 1 is 1.09 bits per heavy atom. The molecule has 10 nitrogen and oxygen atoms in total. The highest BCUT2D eigenvalue weighted by Gasteiger charge is 2.34. The zero-order chi connectivity index (χ0) is 24.4. The average molecular weight is 482 g/mol. The molecule has 3 N–H and O–H groups in total. The largest absolute Gasteiger partial charge is 0.449 e. The normalized spacial score (nSPS) is 12.7. The Morgan fingerprint density at radius 2 is 1.91 bits per heavy atom. The van der Waals surface area contributed by atoms with Gasteiger partial charge in [-0.1, -0.05) is 41.6 Å². The van der Waals surface area contributed by atoms with E-state index in [1.54, 1.807) is 12.1 Å². The molecule has 0 spiro atoms. The number of amides is 1. The summed E-state index contributed by atoms with van der Waals surface area (Å²) in [6, 6.07) is 13.2. The second-order valence-corrected chi connectivity index (χ2v) is 7.62. The molecule has 0 aliphatic rings. The molecule has 0 aliphatic carbocycles. The number of hydrogen-bond acceptors (Lipinski definition) is 7. The van der Waals surface area contributed by atoms with E-state index in [2.05, 4.69) is 40.6 Å². The molecular weight excluding hydrogens is 465 g/mol. The molecule has 35 heavy (non-hydrogen) atoms. The van der Waals surface area contributed by atoms with Crippen LogP contribution in [0.15, 0.2) is 59.4 Å². The molecule has 3 aromatic heterocycles. The molecule has 0 saturated heterocycles. The Labute approximate surface area is 195 Å². The number of carbonyl (C=O) groups is 1. The molecule has 2 aromatic carbocycles. The van der Waals surface area contributed by atoms with Crippen LogP contribution in [0.2, 0.25) is 0 Å². The molecule has 3 heterocycles. The molecule has 13 heteroatoms. The summed E-state index contributed by atoms with van der Waals surface area (Å²) >= 11 is 0. The Bertz CT molecular complexity index is 1440. The van der Waals surface area contributed by atoms with Gasteiger partial charge >= 0.3 is 6.18 Å². The number of nitrogens with one attached hydrogen (secondary N) is 3. The van der Waals surface area contributed by atoms with Gasteiger partial charge in [0.25, 0.3) is 0 Å². The summed E-state index contributed by atoms with van der Waals surface area (Å²) in [6.45, 7) is 0. The van der Waals surface area contributed by atoms with Crippen molar-refractivity contribution in [2.24, 2.45) is 0 Å². The third-order valence-electron chi connectivity index (χ3n) is 5.21. The second-order valence-electron chi connectivity index (χ2n) is 7.62. The van der Waals surface area contributed by atoms with E-state index in [4.69, 9.17) is 4.52 Å². The van der Waals surface area contributed by atoms with Gasteiger partial charge in [-0.15, -0.1) is 0 Å². The summed E-state index contributed by atoms with van der Waals surface area (Å²) < 4.78 is 44.3. The first-order valence-corrected chi connectivity index (χ1v) is 10.5. The Morgan fingerprint density at radius 3 is 2.66 bits per heavy atom. The molecule has 5 aromatic rings. The number of aromatic nitrogens is 7. The SMILES string of the molecule is O=C(CCc1nc(-c2ncn[nH]2)no1)NC(c1ccccc1)c1ccc2nc(C(F)(F)F)[nH]c2c1. The lowest BCUT2D eigenvalue weighted by Gasteiger charge is -2.20. The fourth-order valence-electron chi connectivity index (χ4n) is 3.57. The lowest BCUT2D eigenvalue weighted by atomic mass is 9.98. The topological polar surface area (TPSA) is 138 Å². The highest BCUT2D eigenvalue weighted by molar-refractivity contribution is 5.79. The number of hydrogen-bond donors (Lipinski definition) is 3. The maximum atomic E-state index is 13.1. The number of rotatable bonds is 7. The summed E-state index contributed by atoms with van der Waals surface area (Å²) in [4.78, 5) is 26.8. The molecule has 1 unspecified atom stereocenters. The number of imidazole rings is 1. The van der Waals surface area contributed by atoms with E-state index in [0.29, 0.717) is 11.4 Å². The summed E-state index contributed by atoms with van der Waals surface area (Å²) in [5.41, 5.74) is 1.76. The first-order valence-electron chi connectivity index (χ1n) is 10.5. The lowest BCUT2D eigenvalue weighted by Crippen LogP contribution is -2.29. The van der Waals surface area contributed by atoms with Crippen molar-refractivity contribution in [3.63, 3.8) is 0 Å². The first-order chi connectivity index (χ1) is 16.9. The third-order valence-corrected chi connectivity index (χ3v) is 5.21. The number of halogens is 3. The Kier molecular flexibility index (Phi) is 5.73. The number of fused-ring (bicyclic) bond motifs is 1. The van der Waals surface area contributed by atoms with Crippen LogP contribution in [0, 0.1) is 0 Å². The van der Waals surface area contributed by atoms with E-state index in [0.717, 1.165) is 5.56 Å². The van der Waals surface area contributed by atoms with Crippen LogP contribution in [-0.4, -0.2) is 41.2 Å². The van der Waals surface area contributed by atoms with Gasteiger partial charge in [-0.3, -0.25) is 9.89 Å². The van der Waals surface area contributed by atoms with Gasteiger partial charge in [0, 0.05) is 12.8 Å². The predicted molar refractivity (Wildman–Crippen MR) is 116 cm³/mol. The van der Waals surface area contributed by atoms with Crippen molar-refractivity contribution in [1.29, 1.82) is 0 Å². The standard InChI is InChI=1S/C22H17F3N8O2/c23-22(24,25)21-28-14-7-6-13(10-15(14)29-21)18(12-4-2-1-3-5-12)30-16(34)8-9-17-31-20(33-35-17)19-26-11-27-32-19/h1-7,10-11,18H,8-9H2,(H,28,29)(H,30,34)(H,26,27,32). The minimum atomic E-state index is -4.59. The fourth-order valence-corrected chi connectivity index (χ4v) is 3.57. The van der Waals surface area contributed by atoms with Crippen molar-refractivity contribution in [3.05, 3.63) is 77.7 Å². The molecule has 1 amide bonds. The van der Waals surface area contributed by atoms with Crippen LogP contribution in [0.25, 0.3) is 22.7 Å². The predicted octanol–water partition coefficient (Wildman–Crippen LogP) is 3.59. The van der Waals surface area contributed by atoms with Crippen molar-refractivity contribution in [2.45, 2.75) is 25.1 Å². The van der Waals surface area contributed by atoms with Gasteiger partial charge in [0.05, 0.1) is 17.1 Å². The molecule has 0 fully saturated rings. The Hall–Kier alpha value is -4.55. The zero-order valence-electron chi connectivity index (χ0n) is 17.9. The highest BCUT2D eigenvalue weighted by Crippen LogP contribution is 2.30. The van der Waals surface area contributed by atoms with Gasteiger partial charge in [-0.25, -0.2) is 9.97 Å². The number of aryl methyl sites for hydroxylation is 1.